The number of amides is 2. The maximum atomic E-state index is 12.8. The summed E-state index contributed by atoms with van der Waals surface area (Å²) in [5, 5.41) is 5.41. The molecule has 0 bridgehead atoms. The molecule has 2 amide bonds. The Kier molecular flexibility index (Phi) is 5.27. The molecule has 142 valence electrons. The molecule has 8 nitrogen and oxygen atoms in total. The number of hydrogen-bond acceptors (Lipinski definition) is 5. The molecule has 0 aliphatic carbocycles. The number of carbonyl (C=O) groups excluding carboxylic acids is 2. The molecule has 0 spiro atoms. The lowest BCUT2D eigenvalue weighted by Crippen LogP contribution is -2.32. The van der Waals surface area contributed by atoms with Crippen molar-refractivity contribution in [2.75, 3.05) is 31.0 Å². The van der Waals surface area contributed by atoms with Crippen LogP contribution < -0.4 is 20.9 Å². The second-order valence-corrected chi connectivity index (χ2v) is 6.30. The zero-order valence-corrected chi connectivity index (χ0v) is 15.4. The first-order valence-electron chi connectivity index (χ1n) is 8.48. The molecule has 3 rings (SSSR count). The highest BCUT2D eigenvalue weighted by atomic mass is 16.5. The number of benzene rings is 1. The second-order valence-electron chi connectivity index (χ2n) is 6.30. The standard InChI is InChI=1S/C19H21N3O5/c1-11-8-12(2)22(6-7-26-3)19(25)17(11)18(24)20-13-4-5-14-15(9-13)27-10-16(23)21-14/h4-5,8-9H,6-7,10H2,1-3H3,(H,20,24)(H,21,23). The third kappa shape index (κ3) is 3.85. The van der Waals surface area contributed by atoms with E-state index in [1.165, 1.54) is 4.57 Å². The van der Waals surface area contributed by atoms with Gasteiger partial charge in [0.2, 0.25) is 0 Å². The minimum Gasteiger partial charge on any atom is -0.482 e. The van der Waals surface area contributed by atoms with Crippen LogP contribution in [0.4, 0.5) is 11.4 Å². The third-order valence-corrected chi connectivity index (χ3v) is 4.32. The molecule has 8 heteroatoms. The van der Waals surface area contributed by atoms with E-state index in [4.69, 9.17) is 9.47 Å². The van der Waals surface area contributed by atoms with Crippen LogP contribution in [0.5, 0.6) is 5.75 Å². The number of anilines is 2. The number of ether oxygens (including phenoxy) is 2. The molecule has 2 heterocycles. The van der Waals surface area contributed by atoms with E-state index in [-0.39, 0.29) is 23.6 Å². The van der Waals surface area contributed by atoms with Crippen molar-refractivity contribution in [3.8, 4) is 5.75 Å². The highest BCUT2D eigenvalue weighted by Gasteiger charge is 2.20. The van der Waals surface area contributed by atoms with Crippen molar-refractivity contribution >= 4 is 23.2 Å². The minimum absolute atomic E-state index is 0.0777. The predicted molar refractivity (Wildman–Crippen MR) is 101 cm³/mol. The Hall–Kier alpha value is -3.13. The number of nitrogens with one attached hydrogen (secondary N) is 2. The van der Waals surface area contributed by atoms with E-state index in [2.05, 4.69) is 10.6 Å². The monoisotopic (exact) mass is 371 g/mol. The van der Waals surface area contributed by atoms with Crippen LogP contribution in [0, 0.1) is 13.8 Å². The number of methoxy groups -OCH3 is 1. The Morgan fingerprint density at radius 3 is 2.81 bits per heavy atom. The second kappa shape index (κ2) is 7.63. The molecule has 27 heavy (non-hydrogen) atoms. The van der Waals surface area contributed by atoms with Gasteiger partial charge >= 0.3 is 0 Å². The molecule has 2 aromatic rings. The van der Waals surface area contributed by atoms with E-state index >= 15 is 0 Å². The summed E-state index contributed by atoms with van der Waals surface area (Å²) in [6.07, 6.45) is 0. The number of fused-ring (bicyclic) bond motifs is 1. The van der Waals surface area contributed by atoms with Crippen molar-refractivity contribution in [1.29, 1.82) is 0 Å². The fourth-order valence-electron chi connectivity index (χ4n) is 3.01. The Morgan fingerprint density at radius 1 is 1.30 bits per heavy atom. The maximum Gasteiger partial charge on any atom is 0.263 e. The van der Waals surface area contributed by atoms with Crippen molar-refractivity contribution in [3.63, 3.8) is 0 Å². The first kappa shape index (κ1) is 18.7. The maximum absolute atomic E-state index is 12.8. The van der Waals surface area contributed by atoms with E-state index in [9.17, 15) is 14.4 Å². The Bertz CT molecular complexity index is 965. The van der Waals surface area contributed by atoms with Crippen molar-refractivity contribution < 1.29 is 19.1 Å². The highest BCUT2D eigenvalue weighted by Crippen LogP contribution is 2.30. The summed E-state index contributed by atoms with van der Waals surface area (Å²) < 4.78 is 11.9. The molecule has 0 unspecified atom stereocenters. The Labute approximate surface area is 156 Å². The van der Waals surface area contributed by atoms with Crippen LogP contribution in [0.1, 0.15) is 21.6 Å². The first-order chi connectivity index (χ1) is 12.9. The molecule has 1 aromatic heterocycles. The van der Waals surface area contributed by atoms with Gasteiger partial charge in [-0.1, -0.05) is 0 Å². The lowest BCUT2D eigenvalue weighted by atomic mass is 10.1. The van der Waals surface area contributed by atoms with E-state index in [0.29, 0.717) is 35.8 Å². The number of aryl methyl sites for hydroxylation is 2. The van der Waals surface area contributed by atoms with Gasteiger partial charge in [0.1, 0.15) is 11.3 Å². The average molecular weight is 371 g/mol. The van der Waals surface area contributed by atoms with Crippen molar-refractivity contribution in [2.24, 2.45) is 0 Å². The zero-order chi connectivity index (χ0) is 19.6. The summed E-state index contributed by atoms with van der Waals surface area (Å²) in [7, 11) is 1.56. The topological polar surface area (TPSA) is 98.7 Å². The molecule has 1 aliphatic rings. The van der Waals surface area contributed by atoms with E-state index in [1.807, 2.05) is 6.92 Å². The molecule has 0 radical (unpaired) electrons. The number of hydrogen-bond donors (Lipinski definition) is 2. The van der Waals surface area contributed by atoms with Crippen LogP contribution in [-0.2, 0) is 16.1 Å². The lowest BCUT2D eigenvalue weighted by Gasteiger charge is -2.19. The van der Waals surface area contributed by atoms with Gasteiger partial charge in [-0.15, -0.1) is 0 Å². The van der Waals surface area contributed by atoms with Crippen molar-refractivity contribution in [3.05, 3.63) is 51.4 Å². The first-order valence-corrected chi connectivity index (χ1v) is 8.48. The van der Waals surface area contributed by atoms with Crippen LogP contribution >= 0.6 is 0 Å². The van der Waals surface area contributed by atoms with Gasteiger partial charge in [-0.2, -0.15) is 0 Å². The fourth-order valence-corrected chi connectivity index (χ4v) is 3.01. The van der Waals surface area contributed by atoms with E-state index < -0.39 is 5.91 Å². The van der Waals surface area contributed by atoms with Crippen LogP contribution in [0.25, 0.3) is 0 Å². The third-order valence-electron chi connectivity index (χ3n) is 4.32. The zero-order valence-electron chi connectivity index (χ0n) is 15.4. The summed E-state index contributed by atoms with van der Waals surface area (Å²) in [6.45, 7) is 4.22. The van der Waals surface area contributed by atoms with Gasteiger partial charge in [0.15, 0.2) is 6.61 Å². The van der Waals surface area contributed by atoms with Gasteiger partial charge in [0.25, 0.3) is 17.4 Å². The fraction of sp³-hybridized carbons (Fsp3) is 0.316. The largest absolute Gasteiger partial charge is 0.482 e. The van der Waals surface area contributed by atoms with E-state index in [1.54, 1.807) is 38.3 Å². The number of pyridine rings is 1. The van der Waals surface area contributed by atoms with Gasteiger partial charge in [-0.25, -0.2) is 0 Å². The normalized spacial score (nSPS) is 12.8. The summed E-state index contributed by atoms with van der Waals surface area (Å²) in [5.41, 5.74) is 2.11. The molecule has 2 N–H and O–H groups in total. The number of nitrogens with zero attached hydrogens (tertiary/aromatic N) is 1. The predicted octanol–water partition coefficient (Wildman–Crippen LogP) is 1.69. The van der Waals surface area contributed by atoms with E-state index in [0.717, 1.165) is 5.69 Å². The number of rotatable bonds is 5. The summed E-state index contributed by atoms with van der Waals surface area (Å²) in [4.78, 5) is 36.9. The minimum atomic E-state index is -0.497. The summed E-state index contributed by atoms with van der Waals surface area (Å²) in [5.74, 6) is -0.264. The van der Waals surface area contributed by atoms with Crippen LogP contribution in [0.2, 0.25) is 0 Å². The molecule has 0 saturated carbocycles. The lowest BCUT2D eigenvalue weighted by molar-refractivity contribution is -0.118. The summed E-state index contributed by atoms with van der Waals surface area (Å²) >= 11 is 0. The van der Waals surface area contributed by atoms with Gasteiger partial charge in [0, 0.05) is 31.1 Å². The average Bonchev–Trinajstić information content (AvgIpc) is 2.61. The molecule has 0 saturated heterocycles. The van der Waals surface area contributed by atoms with Crippen LogP contribution in [-0.4, -0.2) is 36.7 Å². The quantitative estimate of drug-likeness (QED) is 0.833. The molecular weight excluding hydrogens is 350 g/mol. The molecule has 0 atom stereocenters. The Morgan fingerprint density at radius 2 is 2.07 bits per heavy atom. The van der Waals surface area contributed by atoms with Gasteiger partial charge in [0.05, 0.1) is 12.3 Å². The van der Waals surface area contributed by atoms with Crippen LogP contribution in [0.15, 0.2) is 29.1 Å². The Balaban J connectivity index is 1.88. The molecule has 1 aromatic carbocycles. The molecular formula is C19H21N3O5. The van der Waals surface area contributed by atoms with Gasteiger partial charge < -0.3 is 24.7 Å². The molecule has 0 fully saturated rings. The van der Waals surface area contributed by atoms with Crippen molar-refractivity contribution in [1.82, 2.24) is 4.57 Å². The van der Waals surface area contributed by atoms with Gasteiger partial charge in [-0.05, 0) is 37.6 Å². The number of carbonyl (C=O) groups is 2. The smallest absolute Gasteiger partial charge is 0.263 e. The number of aromatic nitrogens is 1. The van der Waals surface area contributed by atoms with Crippen molar-refractivity contribution in [2.45, 2.75) is 20.4 Å². The highest BCUT2D eigenvalue weighted by molar-refractivity contribution is 6.05. The van der Waals surface area contributed by atoms with Gasteiger partial charge in [-0.3, -0.25) is 14.4 Å². The summed E-state index contributed by atoms with van der Waals surface area (Å²) in [6, 6.07) is 6.69. The SMILES string of the molecule is COCCn1c(C)cc(C)c(C(=O)Nc2ccc3c(c2)OCC(=O)N3)c1=O. The van der Waals surface area contributed by atoms with Crippen LogP contribution in [0.3, 0.4) is 0 Å². The molecule has 1 aliphatic heterocycles.